The van der Waals surface area contributed by atoms with E-state index in [4.69, 9.17) is 0 Å². The molecule has 3 rings (SSSR count). The molecule has 0 unspecified atom stereocenters. The number of nitro groups is 1. The largest absolute Gasteiger partial charge is 0.303 e. The van der Waals surface area contributed by atoms with E-state index >= 15 is 0 Å². The normalized spacial score (nSPS) is 10.4. The van der Waals surface area contributed by atoms with E-state index in [0.29, 0.717) is 12.1 Å². The number of carbonyl (C=O) groups is 1. The number of anilines is 1. The van der Waals surface area contributed by atoms with Gasteiger partial charge in [0.25, 0.3) is 11.6 Å². The fourth-order valence-corrected chi connectivity index (χ4v) is 3.16. The highest BCUT2D eigenvalue weighted by molar-refractivity contribution is 7.09. The number of non-ortho nitro benzene ring substituents is 1. The van der Waals surface area contributed by atoms with Crippen LogP contribution in [0.1, 0.15) is 20.8 Å². The number of nitrogens with zero attached hydrogens (tertiary/aromatic N) is 2. The van der Waals surface area contributed by atoms with Crippen molar-refractivity contribution in [1.82, 2.24) is 0 Å². The minimum Gasteiger partial charge on any atom is -0.303 e. The van der Waals surface area contributed by atoms with Crippen LogP contribution in [0.5, 0.6) is 0 Å². The Morgan fingerprint density at radius 2 is 1.88 bits per heavy atom. The van der Waals surface area contributed by atoms with Gasteiger partial charge in [-0.3, -0.25) is 14.9 Å². The maximum Gasteiger partial charge on any atom is 0.270 e. The summed E-state index contributed by atoms with van der Waals surface area (Å²) in [6.45, 7) is 2.40. The molecule has 1 aromatic heterocycles. The van der Waals surface area contributed by atoms with E-state index in [-0.39, 0.29) is 11.6 Å². The van der Waals surface area contributed by atoms with Crippen LogP contribution in [0.3, 0.4) is 0 Å². The van der Waals surface area contributed by atoms with Crippen LogP contribution in [0.15, 0.2) is 66.0 Å². The minimum atomic E-state index is -0.494. The molecule has 3 aromatic rings. The van der Waals surface area contributed by atoms with E-state index in [0.717, 1.165) is 16.1 Å². The Hall–Kier alpha value is -2.99. The fraction of sp³-hybridized carbons (Fsp3) is 0.105. The number of thiophene rings is 1. The fourth-order valence-electron chi connectivity index (χ4n) is 2.47. The van der Waals surface area contributed by atoms with Gasteiger partial charge in [-0.25, -0.2) is 0 Å². The first kappa shape index (κ1) is 16.9. The quantitative estimate of drug-likeness (QED) is 0.489. The number of nitro benzene ring substituents is 1. The van der Waals surface area contributed by atoms with Gasteiger partial charge in [-0.15, -0.1) is 11.3 Å². The van der Waals surface area contributed by atoms with Crippen molar-refractivity contribution in [3.63, 3.8) is 0 Å². The standard InChI is InChI=1S/C19H16N2O3S/c1-14-7-9-16(10-8-14)20(13-18-6-3-11-25-18)19(22)15-4-2-5-17(12-15)21(23)24/h2-12H,13H2,1H3. The van der Waals surface area contributed by atoms with Crippen molar-refractivity contribution in [2.45, 2.75) is 13.5 Å². The lowest BCUT2D eigenvalue weighted by Crippen LogP contribution is -2.30. The van der Waals surface area contributed by atoms with E-state index < -0.39 is 4.92 Å². The molecule has 0 N–H and O–H groups in total. The second-order valence-electron chi connectivity index (χ2n) is 5.61. The molecule has 0 bridgehead atoms. The first-order chi connectivity index (χ1) is 12.0. The summed E-state index contributed by atoms with van der Waals surface area (Å²) in [6, 6.07) is 17.4. The Balaban J connectivity index is 1.98. The van der Waals surface area contributed by atoms with Crippen LogP contribution < -0.4 is 4.90 Å². The molecular formula is C19H16N2O3S. The highest BCUT2D eigenvalue weighted by Crippen LogP contribution is 2.24. The van der Waals surface area contributed by atoms with Crippen LogP contribution in [-0.2, 0) is 6.54 Å². The molecule has 0 radical (unpaired) electrons. The number of rotatable bonds is 5. The van der Waals surface area contributed by atoms with Gasteiger partial charge in [0.05, 0.1) is 11.5 Å². The third kappa shape index (κ3) is 3.92. The lowest BCUT2D eigenvalue weighted by Gasteiger charge is -2.22. The van der Waals surface area contributed by atoms with Gasteiger partial charge in [0.1, 0.15) is 0 Å². The first-order valence-corrected chi connectivity index (χ1v) is 8.58. The summed E-state index contributed by atoms with van der Waals surface area (Å²) < 4.78 is 0. The molecule has 1 amide bonds. The number of aryl methyl sites for hydroxylation is 1. The summed E-state index contributed by atoms with van der Waals surface area (Å²) >= 11 is 1.57. The Labute approximate surface area is 149 Å². The second kappa shape index (κ2) is 7.27. The van der Waals surface area contributed by atoms with Crippen LogP contribution in [0, 0.1) is 17.0 Å². The van der Waals surface area contributed by atoms with Gasteiger partial charge < -0.3 is 4.90 Å². The third-order valence-electron chi connectivity index (χ3n) is 3.79. The Bertz CT molecular complexity index is 889. The monoisotopic (exact) mass is 352 g/mol. The molecular weight excluding hydrogens is 336 g/mol. The topological polar surface area (TPSA) is 63.5 Å². The van der Waals surface area contributed by atoms with Gasteiger partial charge in [0.15, 0.2) is 0 Å². The van der Waals surface area contributed by atoms with Crippen molar-refractivity contribution in [2.24, 2.45) is 0 Å². The number of hydrogen-bond donors (Lipinski definition) is 0. The van der Waals surface area contributed by atoms with Crippen LogP contribution in [0.2, 0.25) is 0 Å². The molecule has 0 saturated heterocycles. The number of carbonyl (C=O) groups excluding carboxylic acids is 1. The Kier molecular flexibility index (Phi) is 4.90. The summed E-state index contributed by atoms with van der Waals surface area (Å²) in [7, 11) is 0. The van der Waals surface area contributed by atoms with Gasteiger partial charge in [0.2, 0.25) is 0 Å². The van der Waals surface area contributed by atoms with E-state index in [9.17, 15) is 14.9 Å². The van der Waals surface area contributed by atoms with Crippen LogP contribution in [0.4, 0.5) is 11.4 Å². The van der Waals surface area contributed by atoms with Crippen LogP contribution in [0.25, 0.3) is 0 Å². The van der Waals surface area contributed by atoms with Crippen molar-refractivity contribution in [3.8, 4) is 0 Å². The van der Waals surface area contributed by atoms with Crippen molar-refractivity contribution in [3.05, 3.63) is 92.2 Å². The molecule has 0 fully saturated rings. The van der Waals surface area contributed by atoms with E-state index in [2.05, 4.69) is 0 Å². The molecule has 6 heteroatoms. The summed E-state index contributed by atoms with van der Waals surface area (Å²) in [5.41, 5.74) is 2.07. The van der Waals surface area contributed by atoms with Crippen LogP contribution in [-0.4, -0.2) is 10.8 Å². The third-order valence-corrected chi connectivity index (χ3v) is 4.65. The second-order valence-corrected chi connectivity index (χ2v) is 6.65. The molecule has 2 aromatic carbocycles. The zero-order valence-corrected chi connectivity index (χ0v) is 14.4. The highest BCUT2D eigenvalue weighted by Gasteiger charge is 2.20. The maximum absolute atomic E-state index is 13.0. The van der Waals surface area contributed by atoms with E-state index in [1.165, 1.54) is 18.2 Å². The van der Waals surface area contributed by atoms with E-state index in [1.54, 1.807) is 22.3 Å². The van der Waals surface area contributed by atoms with Gasteiger partial charge in [-0.2, -0.15) is 0 Å². The predicted molar refractivity (Wildman–Crippen MR) is 99.1 cm³/mol. The first-order valence-electron chi connectivity index (χ1n) is 7.70. The molecule has 0 saturated carbocycles. The molecule has 0 aliphatic carbocycles. The Morgan fingerprint density at radius 1 is 1.12 bits per heavy atom. The Morgan fingerprint density at radius 3 is 2.52 bits per heavy atom. The van der Waals surface area contributed by atoms with Crippen molar-refractivity contribution < 1.29 is 9.72 Å². The van der Waals surface area contributed by atoms with E-state index in [1.807, 2.05) is 48.7 Å². The smallest absolute Gasteiger partial charge is 0.270 e. The summed E-state index contributed by atoms with van der Waals surface area (Å²) in [5, 5.41) is 13.0. The average molecular weight is 352 g/mol. The minimum absolute atomic E-state index is 0.0918. The van der Waals surface area contributed by atoms with Crippen molar-refractivity contribution in [2.75, 3.05) is 4.90 Å². The number of hydrogen-bond acceptors (Lipinski definition) is 4. The molecule has 5 nitrogen and oxygen atoms in total. The van der Waals surface area contributed by atoms with Crippen molar-refractivity contribution >= 4 is 28.6 Å². The molecule has 25 heavy (non-hydrogen) atoms. The highest BCUT2D eigenvalue weighted by atomic mass is 32.1. The zero-order chi connectivity index (χ0) is 17.8. The SMILES string of the molecule is Cc1ccc(N(Cc2cccs2)C(=O)c2cccc([N+](=O)[O-])c2)cc1. The number of amides is 1. The predicted octanol–water partition coefficient (Wildman–Crippen LogP) is 4.81. The average Bonchev–Trinajstić information content (AvgIpc) is 3.13. The molecule has 0 aliphatic rings. The summed E-state index contributed by atoms with van der Waals surface area (Å²) in [5.74, 6) is -0.263. The molecule has 126 valence electrons. The van der Waals surface area contributed by atoms with Gasteiger partial charge in [0, 0.05) is 28.3 Å². The molecule has 0 atom stereocenters. The van der Waals surface area contributed by atoms with Gasteiger partial charge in [-0.1, -0.05) is 29.8 Å². The van der Waals surface area contributed by atoms with Crippen molar-refractivity contribution in [1.29, 1.82) is 0 Å². The lowest BCUT2D eigenvalue weighted by atomic mass is 10.1. The van der Waals surface area contributed by atoms with Gasteiger partial charge >= 0.3 is 0 Å². The zero-order valence-electron chi connectivity index (χ0n) is 13.6. The number of benzene rings is 2. The molecule has 1 heterocycles. The maximum atomic E-state index is 13.0. The lowest BCUT2D eigenvalue weighted by molar-refractivity contribution is -0.384. The van der Waals surface area contributed by atoms with Crippen LogP contribution >= 0.6 is 11.3 Å². The molecule has 0 aliphatic heterocycles. The van der Waals surface area contributed by atoms with Gasteiger partial charge in [-0.05, 0) is 36.6 Å². The summed E-state index contributed by atoms with van der Waals surface area (Å²) in [6.07, 6.45) is 0. The summed E-state index contributed by atoms with van der Waals surface area (Å²) in [4.78, 5) is 26.2. The molecule has 0 spiro atoms.